The number of rotatable bonds is 5. The van der Waals surface area contributed by atoms with Gasteiger partial charge in [0.05, 0.1) is 6.61 Å². The molecule has 1 fully saturated rings. The number of fused-ring (bicyclic) bond motifs is 2. The van der Waals surface area contributed by atoms with Crippen LogP contribution in [0.5, 0.6) is 0 Å². The second-order valence-corrected chi connectivity index (χ2v) is 10.7. The van der Waals surface area contributed by atoms with Crippen molar-refractivity contribution in [1.29, 1.82) is 5.41 Å². The van der Waals surface area contributed by atoms with Crippen molar-refractivity contribution >= 4 is 33.2 Å². The van der Waals surface area contributed by atoms with E-state index in [1.54, 1.807) is 11.9 Å². The Hall–Kier alpha value is -2.68. The molecule has 0 saturated carbocycles. The Morgan fingerprint density at radius 3 is 2.35 bits per heavy atom. The summed E-state index contributed by atoms with van der Waals surface area (Å²) in [5, 5.41) is 11.0. The highest BCUT2D eigenvalue weighted by atomic mass is 32.3. The molecule has 1 aromatic rings. The molecule has 0 atom stereocenters. The minimum Gasteiger partial charge on any atom is -0.478 e. The molecule has 1 heterocycles. The van der Waals surface area contributed by atoms with Crippen LogP contribution < -0.4 is 10.0 Å². The third kappa shape index (κ3) is 3.98. The molecule has 3 N–H and O–H groups in total. The summed E-state index contributed by atoms with van der Waals surface area (Å²) >= 11 is 0. The van der Waals surface area contributed by atoms with Gasteiger partial charge in [0.25, 0.3) is 0 Å². The number of benzene rings is 1. The second kappa shape index (κ2) is 8.45. The monoisotopic (exact) mass is 446 g/mol. The molecule has 8 nitrogen and oxygen atoms in total. The predicted octanol–water partition coefficient (Wildman–Crippen LogP) is 2.47. The number of thiol groups is 1. The Kier molecular flexibility index (Phi) is 5.88. The quantitative estimate of drug-likeness (QED) is 0.315. The summed E-state index contributed by atoms with van der Waals surface area (Å²) in [6.07, 6.45) is 6.68. The van der Waals surface area contributed by atoms with E-state index in [4.69, 9.17) is 10.1 Å². The third-order valence-electron chi connectivity index (χ3n) is 6.24. The van der Waals surface area contributed by atoms with Crippen LogP contribution in [0.3, 0.4) is 0 Å². The standard InChI is InChI=1S/C22H30N4O4S/c1-14(23)20(21-26(2)10-5-11-30-21)31(29,13-27)25-22(28)24-19-17-8-3-6-15(17)12-16-7-4-9-18(16)19/h12-13,23,31H,3-11H2,1-2H3,(H2,24,25,28,29)/b21-20-,23-14?. The van der Waals surface area contributed by atoms with E-state index in [2.05, 4.69) is 16.1 Å². The first-order chi connectivity index (χ1) is 14.8. The first-order valence-electron chi connectivity index (χ1n) is 10.8. The molecule has 168 valence electrons. The summed E-state index contributed by atoms with van der Waals surface area (Å²) < 4.78 is 21.6. The van der Waals surface area contributed by atoms with E-state index in [-0.39, 0.29) is 22.1 Å². The summed E-state index contributed by atoms with van der Waals surface area (Å²) in [6.45, 7) is 2.50. The second-order valence-electron chi connectivity index (χ2n) is 8.47. The molecule has 3 aliphatic rings. The van der Waals surface area contributed by atoms with Crippen LogP contribution in [0.4, 0.5) is 10.5 Å². The summed E-state index contributed by atoms with van der Waals surface area (Å²) in [5.74, 6) is 0.218. The molecule has 0 spiro atoms. The van der Waals surface area contributed by atoms with Gasteiger partial charge >= 0.3 is 6.03 Å². The zero-order valence-corrected chi connectivity index (χ0v) is 18.9. The molecule has 9 heteroatoms. The topological polar surface area (TPSA) is 112 Å². The lowest BCUT2D eigenvalue weighted by Gasteiger charge is -2.33. The SMILES string of the molecule is CC(=N)/C(=C1/OCCCN1C)[SH](=O)(C=O)NC(=O)Nc1c2c(cc3c1CCC3)CCC2. The molecule has 0 unspecified atom stereocenters. The van der Waals surface area contributed by atoms with Gasteiger partial charge < -0.3 is 20.4 Å². The number of nitrogens with one attached hydrogen (secondary N) is 3. The van der Waals surface area contributed by atoms with Crippen molar-refractivity contribution in [2.75, 3.05) is 25.5 Å². The van der Waals surface area contributed by atoms with Crippen LogP contribution >= 0.6 is 0 Å². The van der Waals surface area contributed by atoms with Gasteiger partial charge in [-0.3, -0.25) is 13.7 Å². The average molecular weight is 447 g/mol. The Balaban J connectivity index is 1.65. The van der Waals surface area contributed by atoms with E-state index in [1.807, 2.05) is 0 Å². The Labute approximate surface area is 183 Å². The molecule has 0 radical (unpaired) electrons. The number of ether oxygens (including phenoxy) is 1. The van der Waals surface area contributed by atoms with E-state index in [0.29, 0.717) is 13.2 Å². The number of urea groups is 1. The molecule has 2 amide bonds. The van der Waals surface area contributed by atoms with Crippen molar-refractivity contribution in [3.05, 3.63) is 39.1 Å². The fourth-order valence-corrected chi connectivity index (χ4v) is 6.52. The molecule has 1 aliphatic heterocycles. The number of nitrogens with zero attached hydrogens (tertiary/aromatic N) is 1. The van der Waals surface area contributed by atoms with Gasteiger partial charge in [-0.15, -0.1) is 0 Å². The van der Waals surface area contributed by atoms with Crippen LogP contribution in [0.2, 0.25) is 0 Å². The molecule has 2 aliphatic carbocycles. The number of carbonyl (C=O) groups excluding carboxylic acids is 2. The van der Waals surface area contributed by atoms with E-state index < -0.39 is 16.1 Å². The number of carbonyl (C=O) groups is 2. The maximum atomic E-state index is 13.6. The smallest absolute Gasteiger partial charge is 0.330 e. The number of anilines is 1. The molecular weight excluding hydrogens is 416 g/mol. The molecule has 0 aromatic heterocycles. The molecular formula is C22H30N4O4S. The van der Waals surface area contributed by atoms with Crippen LogP contribution in [0.15, 0.2) is 16.9 Å². The highest BCUT2D eigenvalue weighted by Gasteiger charge is 2.32. The number of amides is 2. The Morgan fingerprint density at radius 2 is 1.81 bits per heavy atom. The highest BCUT2D eigenvalue weighted by molar-refractivity contribution is 8.17. The van der Waals surface area contributed by atoms with Gasteiger partial charge in [0.2, 0.25) is 11.5 Å². The Morgan fingerprint density at radius 1 is 1.16 bits per heavy atom. The van der Waals surface area contributed by atoms with E-state index in [0.717, 1.165) is 61.8 Å². The number of aryl methyl sites for hydroxylation is 2. The first-order valence-corrected chi connectivity index (χ1v) is 12.6. The zero-order valence-electron chi connectivity index (χ0n) is 18.0. The average Bonchev–Trinajstić information content (AvgIpc) is 3.38. The molecule has 31 heavy (non-hydrogen) atoms. The van der Waals surface area contributed by atoms with Crippen molar-refractivity contribution in [1.82, 2.24) is 9.62 Å². The van der Waals surface area contributed by atoms with Gasteiger partial charge in [-0.2, -0.15) is 0 Å². The summed E-state index contributed by atoms with van der Waals surface area (Å²) in [5.41, 5.74) is 5.82. The van der Waals surface area contributed by atoms with E-state index >= 15 is 0 Å². The number of hydrogen-bond acceptors (Lipinski definition) is 6. The summed E-state index contributed by atoms with van der Waals surface area (Å²) in [4.78, 5) is 26.6. The van der Waals surface area contributed by atoms with Crippen molar-refractivity contribution in [3.63, 3.8) is 0 Å². The largest absolute Gasteiger partial charge is 0.478 e. The van der Waals surface area contributed by atoms with Crippen LogP contribution in [0.1, 0.15) is 48.4 Å². The first kappa shape index (κ1) is 21.5. The maximum Gasteiger partial charge on any atom is 0.330 e. The molecule has 1 aromatic carbocycles. The van der Waals surface area contributed by atoms with Crippen molar-refractivity contribution in [2.45, 2.75) is 51.9 Å². The van der Waals surface area contributed by atoms with Crippen LogP contribution in [-0.2, 0) is 45.3 Å². The zero-order chi connectivity index (χ0) is 22.2. The molecule has 4 rings (SSSR count). The predicted molar refractivity (Wildman–Crippen MR) is 123 cm³/mol. The van der Waals surface area contributed by atoms with Crippen LogP contribution in [0, 0.1) is 5.41 Å². The van der Waals surface area contributed by atoms with E-state index in [1.165, 1.54) is 18.1 Å². The molecule has 0 bridgehead atoms. The van der Waals surface area contributed by atoms with Crippen LogP contribution in [-0.4, -0.2) is 46.7 Å². The highest BCUT2D eigenvalue weighted by Crippen LogP contribution is 2.38. The number of allylic oxidation sites excluding steroid dienone is 1. The minimum absolute atomic E-state index is 0.0524. The normalized spacial score (nSPS) is 19.7. The van der Waals surface area contributed by atoms with Gasteiger partial charge in [0.15, 0.2) is 0 Å². The fraction of sp³-hybridized carbons (Fsp3) is 0.500. The lowest BCUT2D eigenvalue weighted by Crippen LogP contribution is -2.45. The third-order valence-corrected chi connectivity index (χ3v) is 8.26. The lowest BCUT2D eigenvalue weighted by molar-refractivity contribution is 0.0796. The summed E-state index contributed by atoms with van der Waals surface area (Å²) in [6, 6.07) is 1.57. The fourth-order valence-electron chi connectivity index (χ4n) is 4.88. The van der Waals surface area contributed by atoms with Crippen molar-refractivity contribution in [2.24, 2.45) is 0 Å². The molecule has 1 saturated heterocycles. The van der Waals surface area contributed by atoms with Crippen molar-refractivity contribution in [3.8, 4) is 0 Å². The van der Waals surface area contributed by atoms with Gasteiger partial charge in [0.1, 0.15) is 4.91 Å². The van der Waals surface area contributed by atoms with Crippen molar-refractivity contribution < 1.29 is 18.5 Å². The van der Waals surface area contributed by atoms with Gasteiger partial charge in [-0.1, -0.05) is 6.07 Å². The number of hydrogen-bond donors (Lipinski definition) is 4. The summed E-state index contributed by atoms with van der Waals surface area (Å²) in [7, 11) is -2.31. The van der Waals surface area contributed by atoms with Gasteiger partial charge in [-0.05, 0) is 74.1 Å². The maximum absolute atomic E-state index is 13.6. The Bertz CT molecular complexity index is 1000. The lowest BCUT2D eigenvalue weighted by atomic mass is 9.99. The van der Waals surface area contributed by atoms with Gasteiger partial charge in [-0.25, -0.2) is 4.79 Å². The van der Waals surface area contributed by atoms with E-state index in [9.17, 15) is 13.8 Å². The minimum atomic E-state index is -4.06. The van der Waals surface area contributed by atoms with Crippen LogP contribution in [0.25, 0.3) is 0 Å². The van der Waals surface area contributed by atoms with Gasteiger partial charge in [0, 0.05) is 35.1 Å².